The van der Waals surface area contributed by atoms with Gasteiger partial charge in [-0.25, -0.2) is 0 Å². The molecule has 0 heterocycles. The van der Waals surface area contributed by atoms with Gasteiger partial charge in [0.05, 0.1) is 0 Å². The number of allylic oxidation sites excluding steroid dienone is 16. The lowest BCUT2D eigenvalue weighted by Crippen LogP contribution is -2.30. The van der Waals surface area contributed by atoms with Gasteiger partial charge in [-0.15, -0.1) is 0 Å². The average molecular weight is 1090 g/mol. The van der Waals surface area contributed by atoms with E-state index >= 15 is 0 Å². The van der Waals surface area contributed by atoms with E-state index < -0.39 is 6.10 Å². The second-order valence-corrected chi connectivity index (χ2v) is 22.0. The normalized spacial score (nSPS) is 12.7. The minimum Gasteiger partial charge on any atom is -0.462 e. The molecule has 448 valence electrons. The van der Waals surface area contributed by atoms with Crippen LogP contribution in [0.2, 0.25) is 0 Å². The third kappa shape index (κ3) is 63.2. The number of hydrogen-bond acceptors (Lipinski definition) is 6. The largest absolute Gasteiger partial charge is 0.462 e. The van der Waals surface area contributed by atoms with Crippen LogP contribution in [0.1, 0.15) is 323 Å². The summed E-state index contributed by atoms with van der Waals surface area (Å²) < 4.78 is 16.9. The van der Waals surface area contributed by atoms with Crippen LogP contribution in [0.4, 0.5) is 0 Å². The predicted molar refractivity (Wildman–Crippen MR) is 339 cm³/mol. The topological polar surface area (TPSA) is 78.9 Å². The Labute approximate surface area is 483 Å². The molecule has 6 nitrogen and oxygen atoms in total. The van der Waals surface area contributed by atoms with E-state index in [1.807, 2.05) is 0 Å². The minimum atomic E-state index is -0.788. The van der Waals surface area contributed by atoms with Gasteiger partial charge in [0, 0.05) is 19.3 Å². The van der Waals surface area contributed by atoms with Crippen LogP contribution in [0.25, 0.3) is 0 Å². The third-order valence-electron chi connectivity index (χ3n) is 14.3. The van der Waals surface area contributed by atoms with Gasteiger partial charge >= 0.3 is 17.9 Å². The molecule has 78 heavy (non-hydrogen) atoms. The molecule has 0 amide bonds. The van der Waals surface area contributed by atoms with Gasteiger partial charge in [0.1, 0.15) is 13.2 Å². The lowest BCUT2D eigenvalue weighted by atomic mass is 10.0. The number of hydrogen-bond donors (Lipinski definition) is 0. The van der Waals surface area contributed by atoms with E-state index in [0.29, 0.717) is 19.3 Å². The molecule has 0 N–H and O–H groups in total. The molecule has 0 saturated carbocycles. The molecule has 0 rings (SSSR count). The van der Waals surface area contributed by atoms with Crippen molar-refractivity contribution in [1.82, 2.24) is 0 Å². The number of unbranched alkanes of at least 4 members (excludes halogenated alkanes) is 33. The van der Waals surface area contributed by atoms with Crippen LogP contribution in [0.5, 0.6) is 0 Å². The van der Waals surface area contributed by atoms with E-state index in [2.05, 4.69) is 118 Å². The van der Waals surface area contributed by atoms with Crippen molar-refractivity contribution in [1.29, 1.82) is 0 Å². The first kappa shape index (κ1) is 74.3. The highest BCUT2D eigenvalue weighted by atomic mass is 16.6. The van der Waals surface area contributed by atoms with E-state index in [9.17, 15) is 14.4 Å². The molecular weight excluding hydrogens is 961 g/mol. The van der Waals surface area contributed by atoms with Gasteiger partial charge < -0.3 is 14.2 Å². The SMILES string of the molecule is CC/C=C\C/C=C\C/C=C\C/C=C\C/C=C\CCCCCCCCCCCCCC(=O)OCC(COC(=O)CCCCCCC/C=C\CCCCCCCCC)OC(=O)CCCCCCCCC/C=C\C/C=C\CCCCC. The predicted octanol–water partition coefficient (Wildman–Crippen LogP) is 22.8. The van der Waals surface area contributed by atoms with E-state index in [4.69, 9.17) is 14.2 Å². The zero-order valence-corrected chi connectivity index (χ0v) is 51.4. The van der Waals surface area contributed by atoms with Crippen molar-refractivity contribution in [3.05, 3.63) is 97.2 Å². The maximum absolute atomic E-state index is 12.9. The molecule has 0 radical (unpaired) electrons. The number of esters is 3. The number of carbonyl (C=O) groups is 3. The molecule has 0 aliphatic carbocycles. The van der Waals surface area contributed by atoms with Gasteiger partial charge in [-0.2, -0.15) is 0 Å². The Morgan fingerprint density at radius 3 is 0.821 bits per heavy atom. The van der Waals surface area contributed by atoms with Crippen LogP contribution in [0, 0.1) is 0 Å². The minimum absolute atomic E-state index is 0.0837. The van der Waals surface area contributed by atoms with Gasteiger partial charge in [-0.3, -0.25) is 14.4 Å². The first-order valence-corrected chi connectivity index (χ1v) is 33.2. The Balaban J connectivity index is 4.34. The number of rotatable bonds is 60. The molecule has 0 aromatic carbocycles. The van der Waals surface area contributed by atoms with Gasteiger partial charge in [0.15, 0.2) is 6.10 Å². The highest BCUT2D eigenvalue weighted by Crippen LogP contribution is 2.16. The van der Waals surface area contributed by atoms with Crippen molar-refractivity contribution in [2.45, 2.75) is 329 Å². The second-order valence-electron chi connectivity index (χ2n) is 22.0. The van der Waals surface area contributed by atoms with Crippen LogP contribution in [-0.4, -0.2) is 37.2 Å². The summed E-state index contributed by atoms with van der Waals surface area (Å²) in [6.07, 6.45) is 88.4. The van der Waals surface area contributed by atoms with E-state index in [1.54, 1.807) is 0 Å². The Morgan fingerprint density at radius 1 is 0.269 bits per heavy atom. The van der Waals surface area contributed by atoms with Crippen LogP contribution in [-0.2, 0) is 28.6 Å². The first-order valence-electron chi connectivity index (χ1n) is 33.2. The maximum atomic E-state index is 12.9. The molecule has 0 aromatic rings. The summed E-state index contributed by atoms with van der Waals surface area (Å²) in [5.74, 6) is -0.890. The third-order valence-corrected chi connectivity index (χ3v) is 14.3. The fraction of sp³-hybridized carbons (Fsp3) is 0.736. The van der Waals surface area contributed by atoms with Crippen molar-refractivity contribution in [3.8, 4) is 0 Å². The summed E-state index contributed by atoms with van der Waals surface area (Å²) in [6.45, 7) is 6.51. The smallest absolute Gasteiger partial charge is 0.306 e. The monoisotopic (exact) mass is 1080 g/mol. The van der Waals surface area contributed by atoms with E-state index in [-0.39, 0.29) is 31.1 Å². The zero-order valence-electron chi connectivity index (χ0n) is 51.4. The fourth-order valence-electron chi connectivity index (χ4n) is 9.32. The number of carbonyl (C=O) groups excluding carboxylic acids is 3. The Morgan fingerprint density at radius 2 is 0.500 bits per heavy atom. The molecule has 0 fully saturated rings. The molecule has 1 atom stereocenters. The van der Waals surface area contributed by atoms with Gasteiger partial charge in [-0.05, 0) is 122 Å². The van der Waals surface area contributed by atoms with Gasteiger partial charge in [0.25, 0.3) is 0 Å². The lowest BCUT2D eigenvalue weighted by molar-refractivity contribution is -0.167. The second kappa shape index (κ2) is 65.8. The molecule has 0 aliphatic heterocycles. The fourth-order valence-corrected chi connectivity index (χ4v) is 9.32. The van der Waals surface area contributed by atoms with Crippen molar-refractivity contribution in [3.63, 3.8) is 0 Å². The first-order chi connectivity index (χ1) is 38.5. The Hall–Kier alpha value is -3.67. The van der Waals surface area contributed by atoms with Crippen molar-refractivity contribution >= 4 is 17.9 Å². The highest BCUT2D eigenvalue weighted by Gasteiger charge is 2.19. The molecule has 0 saturated heterocycles. The molecule has 0 spiro atoms. The molecule has 0 bridgehead atoms. The van der Waals surface area contributed by atoms with Crippen LogP contribution >= 0.6 is 0 Å². The summed E-state index contributed by atoms with van der Waals surface area (Å²) in [7, 11) is 0. The molecule has 0 aromatic heterocycles. The molecule has 0 aliphatic rings. The summed E-state index contributed by atoms with van der Waals surface area (Å²) in [4.78, 5) is 38.4. The zero-order chi connectivity index (χ0) is 56.4. The van der Waals surface area contributed by atoms with Crippen molar-refractivity contribution < 1.29 is 28.6 Å². The molecule has 6 heteroatoms. The van der Waals surface area contributed by atoms with Gasteiger partial charge in [0.2, 0.25) is 0 Å². The number of ether oxygens (including phenoxy) is 3. The quantitative estimate of drug-likeness (QED) is 0.0261. The summed E-state index contributed by atoms with van der Waals surface area (Å²) >= 11 is 0. The average Bonchev–Trinajstić information content (AvgIpc) is 3.44. The molecule has 1 unspecified atom stereocenters. The Bertz CT molecular complexity index is 1530. The lowest BCUT2D eigenvalue weighted by Gasteiger charge is -2.18. The van der Waals surface area contributed by atoms with E-state index in [0.717, 1.165) is 109 Å². The summed E-state index contributed by atoms with van der Waals surface area (Å²) in [5, 5.41) is 0. The molecular formula is C72H124O6. The van der Waals surface area contributed by atoms with Crippen molar-refractivity contribution in [2.75, 3.05) is 13.2 Å². The standard InChI is InChI=1S/C72H124O6/c1-4-7-10-13-16-19-22-25-28-31-32-33-34-35-36-37-38-39-40-42-44-47-50-53-56-59-62-65-71(74)77-68-69(67-76-70(73)64-61-58-55-52-49-46-43-30-27-24-21-18-15-12-9-6-3)78-72(75)66-63-60-57-54-51-48-45-41-29-26-23-20-17-14-11-8-5-2/h7,10,16-17,19-20,25-26,28-30,32-33,35-36,43,69H,4-6,8-9,11-15,18,21-24,27,31,34,37-42,44-68H2,1-3H3/b10-7-,19-16-,20-17-,28-25-,29-26-,33-32-,36-35-,43-30-. The van der Waals surface area contributed by atoms with Gasteiger partial charge in [-0.1, -0.05) is 279 Å². The van der Waals surface area contributed by atoms with Crippen molar-refractivity contribution in [2.24, 2.45) is 0 Å². The highest BCUT2D eigenvalue weighted by molar-refractivity contribution is 5.71. The summed E-state index contributed by atoms with van der Waals surface area (Å²) in [5.41, 5.74) is 0. The van der Waals surface area contributed by atoms with Crippen LogP contribution in [0.3, 0.4) is 0 Å². The Kier molecular flexibility index (Phi) is 62.7. The summed E-state index contributed by atoms with van der Waals surface area (Å²) in [6, 6.07) is 0. The van der Waals surface area contributed by atoms with E-state index in [1.165, 1.54) is 173 Å². The van der Waals surface area contributed by atoms with Crippen LogP contribution < -0.4 is 0 Å². The maximum Gasteiger partial charge on any atom is 0.306 e. The van der Waals surface area contributed by atoms with Crippen LogP contribution in [0.15, 0.2) is 97.2 Å².